The first-order valence-corrected chi connectivity index (χ1v) is 11.6. The van der Waals surface area contributed by atoms with Crippen molar-refractivity contribution >= 4 is 35.0 Å². The van der Waals surface area contributed by atoms with E-state index in [2.05, 4.69) is 10.6 Å². The number of hydrogen-bond acceptors (Lipinski definition) is 3. The molecule has 160 valence electrons. The molecular weight excluding hydrogens is 396 g/mol. The minimum atomic E-state index is 0.0441. The number of rotatable bonds is 7. The molecule has 0 aromatic heterocycles. The topological polar surface area (TPSA) is 67.1 Å². The second kappa shape index (κ2) is 10.6. The van der Waals surface area contributed by atoms with Crippen molar-refractivity contribution in [3.8, 4) is 0 Å². The van der Waals surface area contributed by atoms with Gasteiger partial charge in [-0.05, 0) is 49.4 Å². The van der Waals surface area contributed by atoms with Crippen LogP contribution in [0.2, 0.25) is 0 Å². The van der Waals surface area contributed by atoms with E-state index in [4.69, 9.17) is 0 Å². The standard InChI is InChI=1S/C23H30N4O2S/c1-17-7-6-9-19(18(17)2)24-22(28)15-26-11-13-27(14-12-26)16-23(29)25-20-8-4-5-10-21(20)30-3/h4-10H,11-16H2,1-3H3,(H,24,28)(H,25,29)/p+2. The molecule has 6 nitrogen and oxygen atoms in total. The molecule has 1 saturated heterocycles. The summed E-state index contributed by atoms with van der Waals surface area (Å²) in [6.45, 7) is 8.58. The van der Waals surface area contributed by atoms with Gasteiger partial charge in [0.25, 0.3) is 11.8 Å². The second-order valence-electron chi connectivity index (χ2n) is 7.90. The summed E-state index contributed by atoms with van der Waals surface area (Å²) in [6, 6.07) is 13.8. The van der Waals surface area contributed by atoms with Crippen LogP contribution in [0.1, 0.15) is 11.1 Å². The predicted octanol–water partition coefficient (Wildman–Crippen LogP) is 0.386. The zero-order valence-electron chi connectivity index (χ0n) is 18.0. The summed E-state index contributed by atoms with van der Waals surface area (Å²) in [7, 11) is 0. The number of para-hydroxylation sites is 1. The molecule has 0 bridgehead atoms. The number of amides is 2. The van der Waals surface area contributed by atoms with Crippen molar-refractivity contribution in [1.29, 1.82) is 0 Å². The molecule has 0 unspecified atom stereocenters. The van der Waals surface area contributed by atoms with E-state index in [1.165, 1.54) is 15.4 Å². The van der Waals surface area contributed by atoms with E-state index in [9.17, 15) is 9.59 Å². The van der Waals surface area contributed by atoms with Crippen LogP contribution in [0.3, 0.4) is 0 Å². The molecule has 0 radical (unpaired) electrons. The highest BCUT2D eigenvalue weighted by Gasteiger charge is 2.26. The zero-order valence-corrected chi connectivity index (χ0v) is 18.8. The smallest absolute Gasteiger partial charge is 0.279 e. The van der Waals surface area contributed by atoms with E-state index in [1.54, 1.807) is 11.8 Å². The van der Waals surface area contributed by atoms with Crippen molar-refractivity contribution in [3.05, 3.63) is 53.6 Å². The Morgan fingerprint density at radius 3 is 1.97 bits per heavy atom. The number of piperazine rings is 1. The van der Waals surface area contributed by atoms with Gasteiger partial charge in [0, 0.05) is 10.6 Å². The van der Waals surface area contributed by atoms with E-state index in [0.717, 1.165) is 48.0 Å². The highest BCUT2D eigenvalue weighted by molar-refractivity contribution is 7.98. The third-order valence-corrected chi connectivity index (χ3v) is 6.54. The van der Waals surface area contributed by atoms with E-state index < -0.39 is 0 Å². The van der Waals surface area contributed by atoms with Crippen molar-refractivity contribution in [1.82, 2.24) is 0 Å². The maximum absolute atomic E-state index is 12.5. The number of carbonyl (C=O) groups excluding carboxylic acids is 2. The molecule has 3 rings (SSSR count). The lowest BCUT2D eigenvalue weighted by molar-refractivity contribution is -1.00. The highest BCUT2D eigenvalue weighted by Crippen LogP contribution is 2.24. The van der Waals surface area contributed by atoms with E-state index in [1.807, 2.05) is 62.6 Å². The Hall–Kier alpha value is -2.35. The van der Waals surface area contributed by atoms with E-state index in [-0.39, 0.29) is 11.8 Å². The first-order chi connectivity index (χ1) is 14.5. The average Bonchev–Trinajstić information content (AvgIpc) is 2.73. The number of hydrogen-bond donors (Lipinski definition) is 4. The van der Waals surface area contributed by atoms with Crippen molar-refractivity contribution in [2.24, 2.45) is 0 Å². The minimum absolute atomic E-state index is 0.0441. The Kier molecular flexibility index (Phi) is 7.90. The molecule has 1 heterocycles. The number of anilines is 2. The molecule has 4 N–H and O–H groups in total. The molecule has 7 heteroatoms. The Balaban J connectivity index is 1.42. The molecule has 0 spiro atoms. The largest absolute Gasteiger partial charge is 0.321 e. The number of benzene rings is 2. The zero-order chi connectivity index (χ0) is 21.5. The van der Waals surface area contributed by atoms with Crippen molar-refractivity contribution < 1.29 is 19.4 Å². The SMILES string of the molecule is CSc1ccccc1NC(=O)C[NH+]1CC[NH+](CC(=O)Nc2cccc(C)c2C)CC1. The molecule has 1 fully saturated rings. The molecule has 0 saturated carbocycles. The van der Waals surface area contributed by atoms with E-state index in [0.29, 0.717) is 13.1 Å². The van der Waals surface area contributed by atoms with Gasteiger partial charge >= 0.3 is 0 Å². The van der Waals surface area contributed by atoms with Crippen molar-refractivity contribution in [2.75, 3.05) is 56.2 Å². The van der Waals surface area contributed by atoms with Gasteiger partial charge < -0.3 is 20.4 Å². The molecule has 2 aromatic rings. The summed E-state index contributed by atoms with van der Waals surface area (Å²) in [6.07, 6.45) is 2.01. The van der Waals surface area contributed by atoms with Crippen LogP contribution >= 0.6 is 11.8 Å². The fourth-order valence-electron chi connectivity index (χ4n) is 3.79. The van der Waals surface area contributed by atoms with Gasteiger partial charge in [-0.3, -0.25) is 9.59 Å². The average molecular weight is 429 g/mol. The number of nitrogens with one attached hydrogen (secondary N) is 4. The Labute approximate surface area is 183 Å². The Bertz CT molecular complexity index is 895. The molecule has 1 aliphatic heterocycles. The molecule has 0 atom stereocenters. The Morgan fingerprint density at radius 2 is 1.37 bits per heavy atom. The first-order valence-electron chi connectivity index (χ1n) is 10.4. The second-order valence-corrected chi connectivity index (χ2v) is 8.75. The molecule has 2 aromatic carbocycles. The third kappa shape index (κ3) is 6.08. The summed E-state index contributed by atoms with van der Waals surface area (Å²) >= 11 is 1.63. The van der Waals surface area contributed by atoms with Crippen LogP contribution in [0.5, 0.6) is 0 Å². The predicted molar refractivity (Wildman–Crippen MR) is 123 cm³/mol. The summed E-state index contributed by atoms with van der Waals surface area (Å²) < 4.78 is 0. The molecule has 30 heavy (non-hydrogen) atoms. The van der Waals surface area contributed by atoms with Gasteiger partial charge in [-0.25, -0.2) is 0 Å². The quantitative estimate of drug-likeness (QED) is 0.483. The van der Waals surface area contributed by atoms with Gasteiger partial charge in [-0.15, -0.1) is 11.8 Å². The van der Waals surface area contributed by atoms with Gasteiger partial charge in [-0.1, -0.05) is 24.3 Å². The van der Waals surface area contributed by atoms with Gasteiger partial charge in [0.15, 0.2) is 13.1 Å². The summed E-state index contributed by atoms with van der Waals surface area (Å²) in [5.74, 6) is 0.0937. The van der Waals surface area contributed by atoms with Gasteiger partial charge in [-0.2, -0.15) is 0 Å². The monoisotopic (exact) mass is 428 g/mol. The lowest BCUT2D eigenvalue weighted by atomic mass is 10.1. The number of thioether (sulfide) groups is 1. The summed E-state index contributed by atoms with van der Waals surface area (Å²) in [5, 5.41) is 6.08. The molecule has 2 amide bonds. The van der Waals surface area contributed by atoms with Crippen LogP contribution in [-0.4, -0.2) is 57.3 Å². The van der Waals surface area contributed by atoms with Crippen LogP contribution in [0, 0.1) is 13.8 Å². The van der Waals surface area contributed by atoms with Crippen molar-refractivity contribution in [3.63, 3.8) is 0 Å². The van der Waals surface area contributed by atoms with Crippen LogP contribution in [0.25, 0.3) is 0 Å². The van der Waals surface area contributed by atoms with Gasteiger partial charge in [0.05, 0.1) is 5.69 Å². The van der Waals surface area contributed by atoms with Gasteiger partial charge in [0.1, 0.15) is 26.2 Å². The van der Waals surface area contributed by atoms with Crippen LogP contribution in [-0.2, 0) is 9.59 Å². The maximum Gasteiger partial charge on any atom is 0.279 e. The van der Waals surface area contributed by atoms with Gasteiger partial charge in [0.2, 0.25) is 0 Å². The maximum atomic E-state index is 12.5. The lowest BCUT2D eigenvalue weighted by Gasteiger charge is -2.29. The first kappa shape index (κ1) is 22.3. The van der Waals surface area contributed by atoms with Crippen LogP contribution < -0.4 is 20.4 Å². The minimum Gasteiger partial charge on any atom is -0.321 e. The van der Waals surface area contributed by atoms with Crippen LogP contribution in [0.15, 0.2) is 47.4 Å². The van der Waals surface area contributed by atoms with Crippen molar-refractivity contribution in [2.45, 2.75) is 18.7 Å². The normalized spacial score (nSPS) is 18.6. The number of carbonyl (C=O) groups is 2. The lowest BCUT2D eigenvalue weighted by Crippen LogP contribution is -3.28. The third-order valence-electron chi connectivity index (χ3n) is 5.75. The van der Waals surface area contributed by atoms with Crippen LogP contribution in [0.4, 0.5) is 11.4 Å². The summed E-state index contributed by atoms with van der Waals surface area (Å²) in [5.41, 5.74) is 4.06. The molecule has 1 aliphatic rings. The number of quaternary nitrogens is 2. The highest BCUT2D eigenvalue weighted by atomic mass is 32.2. The summed E-state index contributed by atoms with van der Waals surface area (Å²) in [4.78, 5) is 28.5. The van der Waals surface area contributed by atoms with E-state index >= 15 is 0 Å². The fraction of sp³-hybridized carbons (Fsp3) is 0.391. The number of aryl methyl sites for hydroxylation is 1. The molecular formula is C23H32N4O2S+2. The fourth-order valence-corrected chi connectivity index (χ4v) is 4.34. The molecule has 0 aliphatic carbocycles. The Morgan fingerprint density at radius 1 is 0.833 bits per heavy atom.